The molecule has 1 atom stereocenters. The van der Waals surface area contributed by atoms with Crippen molar-refractivity contribution in [2.45, 2.75) is 19.4 Å². The van der Waals surface area contributed by atoms with Crippen molar-refractivity contribution in [2.75, 3.05) is 6.54 Å². The van der Waals surface area contributed by atoms with Crippen molar-refractivity contribution in [1.82, 2.24) is 4.90 Å². The number of nitriles is 1. The molecule has 0 spiro atoms. The SMILES string of the molecule is N#CC1CCN(Cc2ccc(F)cc2F)C(=O)C1. The van der Waals surface area contributed by atoms with Crippen LogP contribution in [0.1, 0.15) is 18.4 Å². The minimum Gasteiger partial charge on any atom is -0.338 e. The third kappa shape index (κ3) is 2.65. The maximum atomic E-state index is 13.4. The molecule has 1 fully saturated rings. The first kappa shape index (κ1) is 12.5. The fraction of sp³-hybridized carbons (Fsp3) is 0.385. The average Bonchev–Trinajstić information content (AvgIpc) is 2.34. The first-order chi connectivity index (χ1) is 8.60. The van der Waals surface area contributed by atoms with Crippen LogP contribution in [0.15, 0.2) is 18.2 Å². The molecule has 18 heavy (non-hydrogen) atoms. The van der Waals surface area contributed by atoms with Gasteiger partial charge >= 0.3 is 0 Å². The van der Waals surface area contributed by atoms with Gasteiger partial charge in [0.25, 0.3) is 0 Å². The molecule has 3 nitrogen and oxygen atoms in total. The van der Waals surface area contributed by atoms with Gasteiger partial charge in [-0.2, -0.15) is 5.26 Å². The molecule has 5 heteroatoms. The van der Waals surface area contributed by atoms with E-state index in [2.05, 4.69) is 6.07 Å². The van der Waals surface area contributed by atoms with Gasteiger partial charge in [0.15, 0.2) is 0 Å². The van der Waals surface area contributed by atoms with E-state index in [1.165, 1.54) is 17.0 Å². The Bertz CT molecular complexity index is 510. The van der Waals surface area contributed by atoms with E-state index >= 15 is 0 Å². The number of amides is 1. The minimum absolute atomic E-state index is 0.128. The second kappa shape index (κ2) is 5.13. The Morgan fingerprint density at radius 3 is 2.83 bits per heavy atom. The predicted molar refractivity (Wildman–Crippen MR) is 60.1 cm³/mol. The Labute approximate surface area is 104 Å². The van der Waals surface area contributed by atoms with Gasteiger partial charge in [-0.1, -0.05) is 6.07 Å². The zero-order valence-electron chi connectivity index (χ0n) is 9.70. The molecule has 1 aromatic carbocycles. The van der Waals surface area contributed by atoms with E-state index in [-0.39, 0.29) is 24.8 Å². The van der Waals surface area contributed by atoms with Gasteiger partial charge in [-0.05, 0) is 12.5 Å². The summed E-state index contributed by atoms with van der Waals surface area (Å²) >= 11 is 0. The van der Waals surface area contributed by atoms with Crippen molar-refractivity contribution < 1.29 is 13.6 Å². The monoisotopic (exact) mass is 250 g/mol. The molecule has 1 aliphatic heterocycles. The lowest BCUT2D eigenvalue weighted by atomic mass is 9.97. The Balaban J connectivity index is 2.06. The molecule has 1 unspecified atom stereocenters. The van der Waals surface area contributed by atoms with Gasteiger partial charge in [0.2, 0.25) is 5.91 Å². The Morgan fingerprint density at radius 2 is 2.22 bits per heavy atom. The van der Waals surface area contributed by atoms with Gasteiger partial charge in [-0.15, -0.1) is 0 Å². The van der Waals surface area contributed by atoms with Gasteiger partial charge in [0.1, 0.15) is 11.6 Å². The highest BCUT2D eigenvalue weighted by Gasteiger charge is 2.26. The maximum absolute atomic E-state index is 13.4. The van der Waals surface area contributed by atoms with E-state index in [9.17, 15) is 13.6 Å². The van der Waals surface area contributed by atoms with E-state index in [4.69, 9.17) is 5.26 Å². The fourth-order valence-electron chi connectivity index (χ4n) is 2.01. The van der Waals surface area contributed by atoms with Crippen LogP contribution in [0, 0.1) is 28.9 Å². The van der Waals surface area contributed by atoms with Crippen LogP contribution in [0.3, 0.4) is 0 Å². The largest absolute Gasteiger partial charge is 0.338 e. The van der Waals surface area contributed by atoms with E-state index in [1.807, 2.05) is 0 Å². The standard InChI is InChI=1S/C13H12F2N2O/c14-11-2-1-10(12(15)6-11)8-17-4-3-9(7-16)5-13(17)18/h1-2,6,9H,3-5,8H2. The number of carbonyl (C=O) groups is 1. The lowest BCUT2D eigenvalue weighted by Crippen LogP contribution is -2.38. The van der Waals surface area contributed by atoms with Crippen LogP contribution >= 0.6 is 0 Å². The summed E-state index contributed by atoms with van der Waals surface area (Å²) in [5.41, 5.74) is 0.292. The average molecular weight is 250 g/mol. The van der Waals surface area contributed by atoms with Gasteiger partial charge in [-0.3, -0.25) is 4.79 Å². The van der Waals surface area contributed by atoms with Crippen LogP contribution in [-0.2, 0) is 11.3 Å². The zero-order chi connectivity index (χ0) is 13.1. The Morgan fingerprint density at radius 1 is 1.44 bits per heavy atom. The van der Waals surface area contributed by atoms with Gasteiger partial charge in [-0.25, -0.2) is 8.78 Å². The summed E-state index contributed by atoms with van der Waals surface area (Å²) in [6.45, 7) is 0.566. The first-order valence-corrected chi connectivity index (χ1v) is 5.71. The minimum atomic E-state index is -0.648. The molecular weight excluding hydrogens is 238 g/mol. The molecule has 1 saturated heterocycles. The maximum Gasteiger partial charge on any atom is 0.224 e. The summed E-state index contributed by atoms with van der Waals surface area (Å²) in [7, 11) is 0. The van der Waals surface area contributed by atoms with Crippen molar-refractivity contribution in [3.63, 3.8) is 0 Å². The van der Waals surface area contributed by atoms with E-state index in [0.29, 0.717) is 18.5 Å². The molecule has 0 aromatic heterocycles. The highest BCUT2D eigenvalue weighted by Crippen LogP contribution is 2.20. The summed E-state index contributed by atoms with van der Waals surface area (Å²) in [6.07, 6.45) is 0.782. The number of nitrogens with zero attached hydrogens (tertiary/aromatic N) is 2. The quantitative estimate of drug-likeness (QED) is 0.807. The molecule has 0 aliphatic carbocycles. The fourth-order valence-corrected chi connectivity index (χ4v) is 2.01. The van der Waals surface area contributed by atoms with Crippen molar-refractivity contribution in [2.24, 2.45) is 5.92 Å². The van der Waals surface area contributed by atoms with Crippen LogP contribution in [0.4, 0.5) is 8.78 Å². The van der Waals surface area contributed by atoms with Crippen LogP contribution in [-0.4, -0.2) is 17.4 Å². The summed E-state index contributed by atoms with van der Waals surface area (Å²) in [6, 6.07) is 5.39. The van der Waals surface area contributed by atoms with Gasteiger partial charge in [0, 0.05) is 31.1 Å². The molecule has 2 rings (SSSR count). The summed E-state index contributed by atoms with van der Waals surface area (Å²) < 4.78 is 26.2. The van der Waals surface area contributed by atoms with Crippen LogP contribution in [0.2, 0.25) is 0 Å². The van der Waals surface area contributed by atoms with Crippen molar-refractivity contribution in [3.05, 3.63) is 35.4 Å². The molecule has 1 aliphatic rings. The molecule has 1 aromatic rings. The third-order valence-electron chi connectivity index (χ3n) is 3.08. The van der Waals surface area contributed by atoms with Crippen molar-refractivity contribution in [3.8, 4) is 6.07 Å². The molecular formula is C13H12F2N2O. The smallest absolute Gasteiger partial charge is 0.224 e. The topological polar surface area (TPSA) is 44.1 Å². The van der Waals surface area contributed by atoms with Crippen molar-refractivity contribution >= 4 is 5.91 Å². The van der Waals surface area contributed by atoms with E-state index in [1.54, 1.807) is 0 Å². The highest BCUT2D eigenvalue weighted by molar-refractivity contribution is 5.77. The Hall–Kier alpha value is -1.96. The number of halogens is 2. The summed E-state index contributed by atoms with van der Waals surface area (Å²) in [4.78, 5) is 13.2. The summed E-state index contributed by atoms with van der Waals surface area (Å²) in [5.74, 6) is -1.68. The van der Waals surface area contributed by atoms with Gasteiger partial charge in [0.05, 0.1) is 12.0 Å². The van der Waals surface area contributed by atoms with Crippen LogP contribution in [0.5, 0.6) is 0 Å². The van der Waals surface area contributed by atoms with Crippen LogP contribution < -0.4 is 0 Å². The number of carbonyl (C=O) groups excluding carboxylic acids is 1. The normalized spacial score (nSPS) is 19.7. The molecule has 0 bridgehead atoms. The highest BCUT2D eigenvalue weighted by atomic mass is 19.1. The predicted octanol–water partition coefficient (Wildman–Crippen LogP) is 2.23. The van der Waals surface area contributed by atoms with E-state index < -0.39 is 11.6 Å². The van der Waals surface area contributed by atoms with Gasteiger partial charge < -0.3 is 4.90 Å². The molecule has 0 N–H and O–H groups in total. The number of rotatable bonds is 2. The second-order valence-corrected chi connectivity index (χ2v) is 4.37. The third-order valence-corrected chi connectivity index (χ3v) is 3.08. The number of hydrogen-bond acceptors (Lipinski definition) is 2. The number of benzene rings is 1. The molecule has 0 radical (unpaired) electrons. The first-order valence-electron chi connectivity index (χ1n) is 5.71. The lowest BCUT2D eigenvalue weighted by molar-refractivity contribution is -0.134. The molecule has 94 valence electrons. The van der Waals surface area contributed by atoms with Crippen molar-refractivity contribution in [1.29, 1.82) is 5.26 Å². The molecule has 1 heterocycles. The zero-order valence-corrected chi connectivity index (χ0v) is 9.70. The summed E-state index contributed by atoms with van der Waals surface area (Å²) in [5, 5.41) is 8.74. The Kier molecular flexibility index (Phi) is 3.56. The van der Waals surface area contributed by atoms with E-state index in [0.717, 1.165) is 6.07 Å². The lowest BCUT2D eigenvalue weighted by Gasteiger charge is -2.29. The number of piperidine rings is 1. The second-order valence-electron chi connectivity index (χ2n) is 4.37. The number of likely N-dealkylation sites (tertiary alicyclic amines) is 1. The van der Waals surface area contributed by atoms with Crippen LogP contribution in [0.25, 0.3) is 0 Å². The molecule has 1 amide bonds. The number of hydrogen-bond donors (Lipinski definition) is 0. The molecule has 0 saturated carbocycles.